The average Bonchev–Trinajstić information content (AvgIpc) is 2.77. The fraction of sp³-hybridized carbons (Fsp3) is 0.231. The maximum absolute atomic E-state index is 11.8. The monoisotopic (exact) mass is 308 g/mol. The first-order chi connectivity index (χ1) is 9.48. The highest BCUT2D eigenvalue weighted by atomic mass is 32.2. The van der Waals surface area contributed by atoms with Gasteiger partial charge >= 0.3 is 0 Å². The summed E-state index contributed by atoms with van der Waals surface area (Å²) in [6, 6.07) is 9.49. The number of Topliss-reactive ketones (excluding diaryl/α,β-unsaturated/α-hetero) is 1. The molecule has 0 radical (unpaired) electrons. The quantitative estimate of drug-likeness (QED) is 0.832. The number of carbonyl (C=O) groups excluding carboxylic acids is 1. The molecule has 1 aromatic rings. The maximum Gasteiger partial charge on any atom is 0.257 e. The largest absolute Gasteiger partial charge is 0.317 e. The Kier molecular flexibility index (Phi) is 3.18. The number of rotatable bonds is 2. The number of hydrogen-bond acceptors (Lipinski definition) is 5. The van der Waals surface area contributed by atoms with Crippen molar-refractivity contribution in [2.45, 2.75) is 6.92 Å². The molecule has 0 N–H and O–H groups in total. The van der Waals surface area contributed by atoms with E-state index in [1.54, 1.807) is 0 Å². The Morgan fingerprint density at radius 2 is 2.00 bits per heavy atom. The van der Waals surface area contributed by atoms with Crippen molar-refractivity contribution >= 4 is 38.4 Å². The molecular weight excluding hydrogens is 296 g/mol. The van der Waals surface area contributed by atoms with Crippen LogP contribution in [-0.2, 0) is 14.8 Å². The third-order valence-corrected chi connectivity index (χ3v) is 5.51. The van der Waals surface area contributed by atoms with Crippen LogP contribution >= 0.6 is 11.8 Å². The summed E-state index contributed by atoms with van der Waals surface area (Å²) in [5.41, 5.74) is 1.66. The lowest BCUT2D eigenvalue weighted by atomic mass is 10.1. The highest BCUT2D eigenvalue weighted by molar-refractivity contribution is 8.19. The van der Waals surface area contributed by atoms with Crippen LogP contribution in [0.2, 0.25) is 0 Å². The summed E-state index contributed by atoms with van der Waals surface area (Å²) in [6.07, 6.45) is 0. The summed E-state index contributed by atoms with van der Waals surface area (Å²) >= 11 is 1.13. The number of nitrogens with zero attached hydrogens (tertiary/aromatic N) is 2. The van der Waals surface area contributed by atoms with Crippen LogP contribution in [0, 0.1) is 0 Å². The van der Waals surface area contributed by atoms with Crippen molar-refractivity contribution in [1.29, 1.82) is 0 Å². The van der Waals surface area contributed by atoms with Crippen molar-refractivity contribution in [3.05, 3.63) is 40.8 Å². The van der Waals surface area contributed by atoms with Gasteiger partial charge in [-0.3, -0.25) is 4.79 Å². The molecule has 5 nitrogen and oxygen atoms in total. The first-order valence-corrected chi connectivity index (χ1v) is 8.49. The smallest absolute Gasteiger partial charge is 0.257 e. The van der Waals surface area contributed by atoms with Gasteiger partial charge in [-0.1, -0.05) is 30.3 Å². The highest BCUT2D eigenvalue weighted by Gasteiger charge is 2.37. The maximum atomic E-state index is 11.8. The van der Waals surface area contributed by atoms with Gasteiger partial charge in [0.1, 0.15) is 0 Å². The zero-order valence-electron chi connectivity index (χ0n) is 10.7. The van der Waals surface area contributed by atoms with Gasteiger partial charge in [-0.2, -0.15) is 0 Å². The molecule has 0 atom stereocenters. The predicted octanol–water partition coefficient (Wildman–Crippen LogP) is 1.69. The second kappa shape index (κ2) is 4.75. The Bertz CT molecular complexity index is 736. The summed E-state index contributed by atoms with van der Waals surface area (Å²) in [7, 11) is -3.40. The van der Waals surface area contributed by atoms with E-state index in [-0.39, 0.29) is 11.5 Å². The normalized spacial score (nSPS) is 20.6. The molecule has 2 aliphatic rings. The molecule has 0 saturated carbocycles. The van der Waals surface area contributed by atoms with Crippen LogP contribution in [0.4, 0.5) is 0 Å². The second-order valence-corrected chi connectivity index (χ2v) is 7.25. The summed E-state index contributed by atoms with van der Waals surface area (Å²) in [6.45, 7) is 1.81. The van der Waals surface area contributed by atoms with Crippen molar-refractivity contribution in [2.24, 2.45) is 4.40 Å². The van der Waals surface area contributed by atoms with Crippen LogP contribution in [0.5, 0.6) is 0 Å². The topological polar surface area (TPSA) is 66.8 Å². The van der Waals surface area contributed by atoms with Gasteiger partial charge in [-0.25, -0.2) is 8.42 Å². The van der Waals surface area contributed by atoms with Gasteiger partial charge in [-0.05, 0) is 24.2 Å². The average molecular weight is 308 g/mol. The lowest BCUT2D eigenvalue weighted by molar-refractivity contribution is -0.112. The molecule has 2 aliphatic heterocycles. The van der Waals surface area contributed by atoms with Crippen LogP contribution in [0.25, 0.3) is 5.70 Å². The van der Waals surface area contributed by atoms with Crippen LogP contribution in [0.15, 0.2) is 39.6 Å². The lowest BCUT2D eigenvalue weighted by Crippen LogP contribution is -2.34. The molecule has 7 heteroatoms. The number of carbonyl (C=O) groups is 1. The van der Waals surface area contributed by atoms with E-state index in [4.69, 9.17) is 0 Å². The van der Waals surface area contributed by atoms with Crippen LogP contribution in [0.3, 0.4) is 0 Å². The Labute approximate surface area is 121 Å². The molecule has 20 heavy (non-hydrogen) atoms. The summed E-state index contributed by atoms with van der Waals surface area (Å²) < 4.78 is 26.9. The molecular formula is C13H12N2O3S2. The van der Waals surface area contributed by atoms with Crippen LogP contribution in [0.1, 0.15) is 12.5 Å². The predicted molar refractivity (Wildman–Crippen MR) is 79.6 cm³/mol. The van der Waals surface area contributed by atoms with E-state index in [9.17, 15) is 13.2 Å². The van der Waals surface area contributed by atoms with E-state index < -0.39 is 10.0 Å². The molecule has 0 amide bonds. The minimum atomic E-state index is -3.40. The van der Waals surface area contributed by atoms with E-state index in [1.807, 2.05) is 35.2 Å². The molecule has 104 valence electrons. The third-order valence-electron chi connectivity index (χ3n) is 3.07. The second-order valence-electron chi connectivity index (χ2n) is 4.51. The molecule has 0 unspecified atom stereocenters. The fourth-order valence-electron chi connectivity index (χ4n) is 2.18. The van der Waals surface area contributed by atoms with Crippen LogP contribution < -0.4 is 0 Å². The number of thioether (sulfide) groups is 1. The van der Waals surface area contributed by atoms with Gasteiger partial charge in [0.05, 0.1) is 16.4 Å². The van der Waals surface area contributed by atoms with Gasteiger partial charge in [0, 0.05) is 6.54 Å². The summed E-state index contributed by atoms with van der Waals surface area (Å²) in [5.74, 6) is -0.109. The summed E-state index contributed by atoms with van der Waals surface area (Å²) in [4.78, 5) is 14.2. The van der Waals surface area contributed by atoms with Gasteiger partial charge in [0.2, 0.25) is 0 Å². The van der Waals surface area contributed by atoms with E-state index in [0.717, 1.165) is 23.0 Å². The lowest BCUT2D eigenvalue weighted by Gasteiger charge is -2.24. The molecule has 0 fully saturated rings. The van der Waals surface area contributed by atoms with Crippen molar-refractivity contribution in [1.82, 2.24) is 4.90 Å². The van der Waals surface area contributed by atoms with E-state index in [0.29, 0.717) is 16.6 Å². The van der Waals surface area contributed by atoms with Gasteiger partial charge in [0.25, 0.3) is 10.0 Å². The number of fused-ring (bicyclic) bond motifs is 1. The van der Waals surface area contributed by atoms with Gasteiger partial charge in [-0.15, -0.1) is 4.40 Å². The minimum Gasteiger partial charge on any atom is -0.317 e. The first kappa shape index (κ1) is 13.4. The highest BCUT2D eigenvalue weighted by Crippen LogP contribution is 2.41. The number of ketones is 1. The van der Waals surface area contributed by atoms with Crippen molar-refractivity contribution in [3.8, 4) is 0 Å². The Hall–Kier alpha value is -1.60. The Morgan fingerprint density at radius 1 is 1.30 bits per heavy atom. The summed E-state index contributed by atoms with van der Waals surface area (Å²) in [5, 5.41) is 0.375. The van der Waals surface area contributed by atoms with Crippen molar-refractivity contribution in [3.63, 3.8) is 0 Å². The van der Waals surface area contributed by atoms with Crippen molar-refractivity contribution in [2.75, 3.05) is 12.3 Å². The fourth-order valence-corrected chi connectivity index (χ4v) is 4.46. The Morgan fingerprint density at radius 3 is 2.65 bits per heavy atom. The first-order valence-electron chi connectivity index (χ1n) is 6.06. The number of amidine groups is 1. The van der Waals surface area contributed by atoms with E-state index in [2.05, 4.69) is 4.40 Å². The molecule has 2 heterocycles. The molecule has 0 bridgehead atoms. The number of sulfonamides is 1. The standard InChI is InChI=1S/C13H12N2O3S2/c1-9(16)12-11(10-5-3-2-4-6-10)15-7-8-20(17,18)14-13(15)19-12/h2-6H,7-8H2,1H3. The molecule has 3 rings (SSSR count). The molecule has 0 aliphatic carbocycles. The zero-order valence-corrected chi connectivity index (χ0v) is 12.4. The molecule has 0 aromatic heterocycles. The van der Waals surface area contributed by atoms with Gasteiger partial charge < -0.3 is 4.90 Å². The van der Waals surface area contributed by atoms with E-state index >= 15 is 0 Å². The van der Waals surface area contributed by atoms with Gasteiger partial charge in [0.15, 0.2) is 11.0 Å². The third kappa shape index (κ3) is 2.27. The van der Waals surface area contributed by atoms with E-state index in [1.165, 1.54) is 6.92 Å². The molecule has 0 saturated heterocycles. The molecule has 0 spiro atoms. The minimum absolute atomic E-state index is 0.0292. The van der Waals surface area contributed by atoms with Crippen LogP contribution in [-0.4, -0.2) is 36.6 Å². The Balaban J connectivity index is 2.14. The number of hydrogen-bond donors (Lipinski definition) is 0. The molecule has 1 aromatic carbocycles. The zero-order chi connectivity index (χ0) is 14.3. The number of allylic oxidation sites excluding steroid dienone is 1. The van der Waals surface area contributed by atoms with Crippen molar-refractivity contribution < 1.29 is 13.2 Å². The number of benzene rings is 1. The SMILES string of the molecule is CC(=O)C1=C(c2ccccc2)N2CCS(=O)(=O)N=C2S1.